The molecule has 0 atom stereocenters. The summed E-state index contributed by atoms with van der Waals surface area (Å²) >= 11 is 3.45. The van der Waals surface area contributed by atoms with Gasteiger partial charge >= 0.3 is 6.09 Å². The minimum atomic E-state index is -0.579. The molecule has 3 N–H and O–H groups in total. The lowest BCUT2D eigenvalue weighted by molar-refractivity contribution is 0.0501. The zero-order valence-electron chi connectivity index (χ0n) is 16.7. The van der Waals surface area contributed by atoms with Crippen LogP contribution in [0.3, 0.4) is 0 Å². The molecule has 0 aliphatic carbocycles. The second-order valence-corrected chi connectivity index (χ2v) is 8.54. The first-order valence-corrected chi connectivity index (χ1v) is 9.77. The van der Waals surface area contributed by atoms with E-state index in [1.807, 2.05) is 48.5 Å². The fourth-order valence-corrected chi connectivity index (χ4v) is 3.27. The first-order valence-electron chi connectivity index (χ1n) is 8.97. The number of hydrogen-bond acceptors (Lipinski definition) is 4. The lowest BCUT2D eigenvalue weighted by Gasteiger charge is -2.33. The van der Waals surface area contributed by atoms with Crippen molar-refractivity contribution in [3.63, 3.8) is 0 Å². The molecular weight excluding hydrogens is 400 g/mol. The van der Waals surface area contributed by atoms with E-state index in [9.17, 15) is 9.59 Å². The van der Waals surface area contributed by atoms with Gasteiger partial charge in [-0.25, -0.2) is 4.79 Å². The quantitative estimate of drug-likeness (QED) is 0.606. The summed E-state index contributed by atoms with van der Waals surface area (Å²) in [6.07, 6.45) is 0.815. The molecule has 0 fully saturated rings. The van der Waals surface area contributed by atoms with Crippen molar-refractivity contribution in [2.45, 2.75) is 78.4 Å². The lowest BCUT2D eigenvalue weighted by atomic mass is 9.92. The van der Waals surface area contributed by atoms with Gasteiger partial charge in [-0.2, -0.15) is 5.10 Å². The molecule has 1 rings (SSSR count). The Morgan fingerprint density at radius 1 is 1.23 bits per heavy atom. The number of carbonyl (C=O) groups is 2. The number of alkyl carbamates (subject to hydrolysis) is 1. The van der Waals surface area contributed by atoms with Crippen LogP contribution in [0.4, 0.5) is 4.79 Å². The lowest BCUT2D eigenvalue weighted by Crippen LogP contribution is -2.55. The van der Waals surface area contributed by atoms with Crippen molar-refractivity contribution in [3.05, 3.63) is 15.9 Å². The van der Waals surface area contributed by atoms with E-state index in [1.165, 1.54) is 0 Å². The van der Waals surface area contributed by atoms with Gasteiger partial charge in [-0.05, 0) is 55.5 Å². The SMILES string of the molecule is CCC(CC)(CNC(=O)OC(C)(C)C)NC(=O)c1n[nH]c(C(C)C)c1Br. The maximum absolute atomic E-state index is 12.7. The van der Waals surface area contributed by atoms with Crippen LogP contribution in [0.15, 0.2) is 4.47 Å². The molecule has 0 aromatic carbocycles. The van der Waals surface area contributed by atoms with Crippen molar-refractivity contribution in [2.75, 3.05) is 6.54 Å². The van der Waals surface area contributed by atoms with Gasteiger partial charge in [-0.15, -0.1) is 0 Å². The molecule has 0 bridgehead atoms. The average Bonchev–Trinajstić information content (AvgIpc) is 2.91. The molecule has 0 radical (unpaired) electrons. The van der Waals surface area contributed by atoms with Crippen LogP contribution in [-0.2, 0) is 4.74 Å². The van der Waals surface area contributed by atoms with E-state index < -0.39 is 17.2 Å². The third kappa shape index (κ3) is 6.00. The summed E-state index contributed by atoms with van der Waals surface area (Å²) < 4.78 is 5.95. The number of ether oxygens (including phenoxy) is 1. The highest BCUT2D eigenvalue weighted by Gasteiger charge is 2.32. The summed E-state index contributed by atoms with van der Waals surface area (Å²) in [5.41, 5.74) is 0.0456. The smallest absolute Gasteiger partial charge is 0.407 e. The summed E-state index contributed by atoms with van der Waals surface area (Å²) in [6.45, 7) is 13.7. The monoisotopic (exact) mass is 430 g/mol. The summed E-state index contributed by atoms with van der Waals surface area (Å²) in [5, 5.41) is 12.8. The van der Waals surface area contributed by atoms with Crippen molar-refractivity contribution < 1.29 is 14.3 Å². The Hall–Kier alpha value is -1.57. The number of aromatic nitrogens is 2. The number of hydrogen-bond donors (Lipinski definition) is 3. The van der Waals surface area contributed by atoms with Crippen LogP contribution in [0.2, 0.25) is 0 Å². The third-order valence-electron chi connectivity index (χ3n) is 4.23. The Morgan fingerprint density at radius 3 is 2.23 bits per heavy atom. The zero-order chi connectivity index (χ0) is 20.1. The van der Waals surface area contributed by atoms with E-state index in [0.717, 1.165) is 5.69 Å². The van der Waals surface area contributed by atoms with E-state index in [1.54, 1.807) is 0 Å². The first-order chi connectivity index (χ1) is 11.9. The van der Waals surface area contributed by atoms with Crippen molar-refractivity contribution >= 4 is 27.9 Å². The van der Waals surface area contributed by atoms with Crippen LogP contribution < -0.4 is 10.6 Å². The van der Waals surface area contributed by atoms with E-state index in [0.29, 0.717) is 23.0 Å². The van der Waals surface area contributed by atoms with Gasteiger partial charge in [0, 0.05) is 6.54 Å². The van der Waals surface area contributed by atoms with E-state index in [-0.39, 0.29) is 18.4 Å². The van der Waals surface area contributed by atoms with Gasteiger partial charge in [0.05, 0.1) is 15.7 Å². The molecule has 26 heavy (non-hydrogen) atoms. The van der Waals surface area contributed by atoms with Crippen LogP contribution in [-0.4, -0.2) is 39.9 Å². The Bertz CT molecular complexity index is 631. The van der Waals surface area contributed by atoms with Gasteiger partial charge in [0.15, 0.2) is 5.69 Å². The first kappa shape index (κ1) is 22.5. The van der Waals surface area contributed by atoms with Gasteiger partial charge in [0.2, 0.25) is 0 Å². The zero-order valence-corrected chi connectivity index (χ0v) is 18.3. The highest BCUT2D eigenvalue weighted by Crippen LogP contribution is 2.26. The predicted molar refractivity (Wildman–Crippen MR) is 105 cm³/mol. The maximum Gasteiger partial charge on any atom is 0.407 e. The van der Waals surface area contributed by atoms with Gasteiger partial charge in [-0.1, -0.05) is 27.7 Å². The van der Waals surface area contributed by atoms with Crippen LogP contribution >= 0.6 is 15.9 Å². The molecule has 0 unspecified atom stereocenters. The number of aromatic amines is 1. The van der Waals surface area contributed by atoms with E-state index >= 15 is 0 Å². The Morgan fingerprint density at radius 2 is 1.81 bits per heavy atom. The molecule has 1 aromatic heterocycles. The highest BCUT2D eigenvalue weighted by molar-refractivity contribution is 9.10. The molecule has 0 aliphatic heterocycles. The van der Waals surface area contributed by atoms with Crippen LogP contribution in [0.1, 0.15) is 83.4 Å². The third-order valence-corrected chi connectivity index (χ3v) is 5.03. The van der Waals surface area contributed by atoms with Gasteiger partial charge in [0.25, 0.3) is 5.91 Å². The average molecular weight is 431 g/mol. The minimum absolute atomic E-state index is 0.217. The van der Waals surface area contributed by atoms with Crippen LogP contribution in [0.5, 0.6) is 0 Å². The number of carbonyl (C=O) groups excluding carboxylic acids is 2. The molecule has 0 saturated carbocycles. The number of halogens is 1. The molecule has 2 amide bonds. The molecule has 8 heteroatoms. The number of amides is 2. The molecule has 0 spiro atoms. The van der Waals surface area contributed by atoms with Crippen molar-refractivity contribution in [3.8, 4) is 0 Å². The van der Waals surface area contributed by atoms with Crippen molar-refractivity contribution in [1.82, 2.24) is 20.8 Å². The second kappa shape index (κ2) is 8.88. The summed E-state index contributed by atoms with van der Waals surface area (Å²) in [4.78, 5) is 24.7. The van der Waals surface area contributed by atoms with Gasteiger partial charge < -0.3 is 15.4 Å². The van der Waals surface area contributed by atoms with E-state index in [4.69, 9.17) is 4.74 Å². The largest absolute Gasteiger partial charge is 0.444 e. The molecule has 1 heterocycles. The van der Waals surface area contributed by atoms with Crippen LogP contribution in [0, 0.1) is 0 Å². The number of nitrogens with zero attached hydrogens (tertiary/aromatic N) is 1. The Kier molecular flexibility index (Phi) is 7.68. The normalized spacial score (nSPS) is 12.2. The van der Waals surface area contributed by atoms with E-state index in [2.05, 4.69) is 36.8 Å². The topological polar surface area (TPSA) is 96.1 Å². The number of nitrogens with one attached hydrogen (secondary N) is 3. The Labute approximate surface area is 164 Å². The number of rotatable bonds is 7. The van der Waals surface area contributed by atoms with Crippen molar-refractivity contribution in [2.24, 2.45) is 0 Å². The maximum atomic E-state index is 12.7. The minimum Gasteiger partial charge on any atom is -0.444 e. The fraction of sp³-hybridized carbons (Fsp3) is 0.722. The molecule has 0 saturated heterocycles. The standard InChI is InChI=1S/C18H31BrN4O3/c1-8-18(9-2,10-20-16(25)26-17(5,6)7)21-15(24)14-12(19)13(11(3)4)22-23-14/h11H,8-10H2,1-7H3,(H,20,25)(H,21,24)(H,22,23). The molecule has 1 aromatic rings. The van der Waals surface area contributed by atoms with Crippen LogP contribution in [0.25, 0.3) is 0 Å². The number of H-pyrrole nitrogens is 1. The summed E-state index contributed by atoms with van der Waals surface area (Å²) in [7, 11) is 0. The fourth-order valence-electron chi connectivity index (χ4n) is 2.45. The summed E-state index contributed by atoms with van der Waals surface area (Å²) in [5.74, 6) is -0.0657. The molecule has 7 nitrogen and oxygen atoms in total. The van der Waals surface area contributed by atoms with Gasteiger partial charge in [-0.3, -0.25) is 9.89 Å². The highest BCUT2D eigenvalue weighted by atomic mass is 79.9. The predicted octanol–water partition coefficient (Wildman–Crippen LogP) is 4.11. The molecular formula is C18H31BrN4O3. The van der Waals surface area contributed by atoms with Gasteiger partial charge in [0.1, 0.15) is 5.60 Å². The molecule has 0 aliphatic rings. The Balaban J connectivity index is 2.86. The molecule has 148 valence electrons. The summed E-state index contributed by atoms with van der Waals surface area (Å²) in [6, 6.07) is 0. The second-order valence-electron chi connectivity index (χ2n) is 7.75. The van der Waals surface area contributed by atoms with Crippen molar-refractivity contribution in [1.29, 1.82) is 0 Å².